The molecule has 2 heterocycles. The first-order valence-electron chi connectivity index (χ1n) is 9.99. The Labute approximate surface area is 185 Å². The minimum Gasteiger partial charge on any atom is -0.379 e. The van der Waals surface area contributed by atoms with Crippen LogP contribution in [0.5, 0.6) is 0 Å². The number of benzene rings is 2. The molecule has 9 heteroatoms. The number of anilines is 2. The largest absolute Gasteiger partial charge is 0.379 e. The number of halogens is 1. The Morgan fingerprint density at radius 2 is 1.73 bits per heavy atom. The number of amides is 1. The molecule has 2 aromatic carbocycles. The van der Waals surface area contributed by atoms with Crippen molar-refractivity contribution in [1.29, 1.82) is 0 Å². The molecule has 2 aliphatic heterocycles. The van der Waals surface area contributed by atoms with Crippen LogP contribution in [-0.2, 0) is 14.8 Å². The van der Waals surface area contributed by atoms with E-state index < -0.39 is 10.0 Å². The number of nitrogens with zero attached hydrogens (tertiary/aromatic N) is 2. The Kier molecular flexibility index (Phi) is 6.43. The summed E-state index contributed by atoms with van der Waals surface area (Å²) in [4.78, 5) is 15.2. The van der Waals surface area contributed by atoms with E-state index in [-0.39, 0.29) is 10.8 Å². The van der Waals surface area contributed by atoms with Gasteiger partial charge in [-0.15, -0.1) is 0 Å². The molecular weight excluding hydrogens is 470 g/mol. The SMILES string of the molecule is O=C(Nc1cc(S(=O)(=O)N2CCOCC2)ccc1N1CCCC1)c1cccc(Br)c1. The van der Waals surface area contributed by atoms with Crippen molar-refractivity contribution in [2.45, 2.75) is 17.7 Å². The number of hydrogen-bond acceptors (Lipinski definition) is 5. The minimum absolute atomic E-state index is 0.178. The first-order valence-corrected chi connectivity index (χ1v) is 12.2. The predicted molar refractivity (Wildman–Crippen MR) is 120 cm³/mol. The van der Waals surface area contributed by atoms with Gasteiger partial charge in [0, 0.05) is 36.2 Å². The van der Waals surface area contributed by atoms with Crippen LogP contribution in [0.2, 0.25) is 0 Å². The summed E-state index contributed by atoms with van der Waals surface area (Å²) in [7, 11) is -3.66. The Bertz CT molecular complexity index is 1030. The zero-order valence-corrected chi connectivity index (χ0v) is 18.9. The fourth-order valence-corrected chi connectivity index (χ4v) is 5.60. The maximum atomic E-state index is 13.1. The van der Waals surface area contributed by atoms with Crippen LogP contribution in [0.1, 0.15) is 23.2 Å². The predicted octanol–water partition coefficient (Wildman–Crippen LogP) is 3.32. The molecule has 1 amide bonds. The van der Waals surface area contributed by atoms with Gasteiger partial charge in [0.05, 0.1) is 29.5 Å². The summed E-state index contributed by atoms with van der Waals surface area (Å²) in [6, 6.07) is 12.1. The van der Waals surface area contributed by atoms with E-state index in [2.05, 4.69) is 26.1 Å². The number of ether oxygens (including phenoxy) is 1. The summed E-state index contributed by atoms with van der Waals surface area (Å²) < 4.78 is 33.7. The quantitative estimate of drug-likeness (QED) is 0.690. The normalized spacial score (nSPS) is 17.8. The van der Waals surface area contributed by atoms with Gasteiger partial charge in [0.25, 0.3) is 5.91 Å². The van der Waals surface area contributed by atoms with Gasteiger partial charge in [-0.3, -0.25) is 4.79 Å². The van der Waals surface area contributed by atoms with Crippen molar-refractivity contribution in [3.63, 3.8) is 0 Å². The third-order valence-electron chi connectivity index (χ3n) is 5.36. The molecule has 0 aliphatic carbocycles. The highest BCUT2D eigenvalue weighted by molar-refractivity contribution is 9.10. The standard InChI is InChI=1S/C21H24BrN3O4S/c22-17-5-3-4-16(14-17)21(26)23-19-15-18(6-7-20(19)24-8-1-2-9-24)30(27,28)25-10-12-29-13-11-25/h3-7,14-15H,1-2,8-13H2,(H,23,26). The minimum atomic E-state index is -3.66. The average molecular weight is 494 g/mol. The average Bonchev–Trinajstić information content (AvgIpc) is 3.29. The van der Waals surface area contributed by atoms with Gasteiger partial charge in [-0.2, -0.15) is 4.31 Å². The number of nitrogens with one attached hydrogen (secondary N) is 1. The molecule has 2 saturated heterocycles. The molecule has 2 fully saturated rings. The summed E-state index contributed by atoms with van der Waals surface area (Å²) in [6.07, 6.45) is 2.15. The molecule has 2 aliphatic rings. The highest BCUT2D eigenvalue weighted by Gasteiger charge is 2.28. The third-order valence-corrected chi connectivity index (χ3v) is 7.75. The van der Waals surface area contributed by atoms with Crippen LogP contribution in [0, 0.1) is 0 Å². The van der Waals surface area contributed by atoms with Gasteiger partial charge < -0.3 is 15.0 Å². The van der Waals surface area contributed by atoms with E-state index in [0.717, 1.165) is 36.1 Å². The number of carbonyl (C=O) groups excluding carboxylic acids is 1. The van der Waals surface area contributed by atoms with Gasteiger partial charge in [-0.25, -0.2) is 8.42 Å². The molecule has 0 aromatic heterocycles. The van der Waals surface area contributed by atoms with Gasteiger partial charge in [-0.05, 0) is 49.2 Å². The molecule has 1 N–H and O–H groups in total. The van der Waals surface area contributed by atoms with Crippen LogP contribution in [0.15, 0.2) is 51.8 Å². The molecule has 0 unspecified atom stereocenters. The monoisotopic (exact) mass is 493 g/mol. The van der Waals surface area contributed by atoms with E-state index in [1.54, 1.807) is 36.4 Å². The number of sulfonamides is 1. The molecule has 30 heavy (non-hydrogen) atoms. The van der Waals surface area contributed by atoms with E-state index in [0.29, 0.717) is 37.6 Å². The van der Waals surface area contributed by atoms with E-state index in [1.165, 1.54) is 4.31 Å². The Morgan fingerprint density at radius 3 is 2.43 bits per heavy atom. The number of rotatable bonds is 5. The number of hydrogen-bond donors (Lipinski definition) is 1. The van der Waals surface area contributed by atoms with Gasteiger partial charge in [-0.1, -0.05) is 22.0 Å². The summed E-state index contributed by atoms with van der Waals surface area (Å²) in [5.74, 6) is -0.280. The second kappa shape index (κ2) is 9.05. The van der Waals surface area contributed by atoms with E-state index >= 15 is 0 Å². The fourth-order valence-electron chi connectivity index (χ4n) is 3.77. The molecule has 0 radical (unpaired) electrons. The molecule has 0 saturated carbocycles. The highest BCUT2D eigenvalue weighted by Crippen LogP contribution is 2.33. The second-order valence-corrected chi connectivity index (χ2v) is 10.2. The van der Waals surface area contributed by atoms with Crippen molar-refractivity contribution >= 4 is 43.2 Å². The summed E-state index contributed by atoms with van der Waals surface area (Å²) in [5, 5.41) is 2.94. The molecule has 0 atom stereocenters. The lowest BCUT2D eigenvalue weighted by molar-refractivity contribution is 0.0730. The lowest BCUT2D eigenvalue weighted by atomic mass is 10.2. The summed E-state index contributed by atoms with van der Waals surface area (Å²) in [6.45, 7) is 3.20. The Hall–Kier alpha value is -1.94. The lowest BCUT2D eigenvalue weighted by Gasteiger charge is -2.27. The zero-order valence-electron chi connectivity index (χ0n) is 16.5. The van der Waals surface area contributed by atoms with Crippen LogP contribution < -0.4 is 10.2 Å². The summed E-state index contributed by atoms with van der Waals surface area (Å²) in [5.41, 5.74) is 1.85. The first-order chi connectivity index (χ1) is 14.4. The maximum absolute atomic E-state index is 13.1. The van der Waals surface area contributed by atoms with Gasteiger partial charge >= 0.3 is 0 Å². The molecule has 160 valence electrons. The van der Waals surface area contributed by atoms with Crippen LogP contribution in [-0.4, -0.2) is 58.0 Å². The van der Waals surface area contributed by atoms with Gasteiger partial charge in [0.2, 0.25) is 10.0 Å². The summed E-state index contributed by atoms with van der Waals surface area (Å²) >= 11 is 3.38. The Balaban J connectivity index is 1.68. The molecule has 7 nitrogen and oxygen atoms in total. The second-order valence-electron chi connectivity index (χ2n) is 7.35. The third kappa shape index (κ3) is 4.54. The lowest BCUT2D eigenvalue weighted by Crippen LogP contribution is -2.40. The fraction of sp³-hybridized carbons (Fsp3) is 0.381. The Morgan fingerprint density at radius 1 is 1.00 bits per heavy atom. The molecule has 0 spiro atoms. The zero-order chi connectivity index (χ0) is 21.1. The number of carbonyl (C=O) groups is 1. The van der Waals surface area contributed by atoms with Crippen molar-refractivity contribution in [1.82, 2.24) is 4.31 Å². The smallest absolute Gasteiger partial charge is 0.255 e. The van der Waals surface area contributed by atoms with Gasteiger partial charge in [0.15, 0.2) is 0 Å². The maximum Gasteiger partial charge on any atom is 0.255 e. The molecule has 2 aromatic rings. The first kappa shape index (κ1) is 21.3. The van der Waals surface area contributed by atoms with Crippen molar-refractivity contribution < 1.29 is 17.9 Å². The van der Waals surface area contributed by atoms with E-state index in [9.17, 15) is 13.2 Å². The van der Waals surface area contributed by atoms with E-state index in [1.807, 2.05) is 6.07 Å². The van der Waals surface area contributed by atoms with Crippen molar-refractivity contribution in [2.24, 2.45) is 0 Å². The van der Waals surface area contributed by atoms with Crippen molar-refractivity contribution in [2.75, 3.05) is 49.6 Å². The topological polar surface area (TPSA) is 79.0 Å². The van der Waals surface area contributed by atoms with Crippen LogP contribution in [0.25, 0.3) is 0 Å². The number of morpholine rings is 1. The van der Waals surface area contributed by atoms with Crippen LogP contribution >= 0.6 is 15.9 Å². The molecule has 0 bridgehead atoms. The van der Waals surface area contributed by atoms with E-state index in [4.69, 9.17) is 4.74 Å². The molecule has 4 rings (SSSR count). The van der Waals surface area contributed by atoms with Crippen LogP contribution in [0.4, 0.5) is 11.4 Å². The van der Waals surface area contributed by atoms with Gasteiger partial charge in [0.1, 0.15) is 0 Å². The molecular formula is C21H24BrN3O4S. The van der Waals surface area contributed by atoms with Crippen molar-refractivity contribution in [3.05, 3.63) is 52.5 Å². The van der Waals surface area contributed by atoms with Crippen LogP contribution in [0.3, 0.4) is 0 Å². The highest BCUT2D eigenvalue weighted by atomic mass is 79.9. The van der Waals surface area contributed by atoms with Crippen molar-refractivity contribution in [3.8, 4) is 0 Å².